The van der Waals surface area contributed by atoms with Gasteiger partial charge in [-0.15, -0.1) is 0 Å². The lowest BCUT2D eigenvalue weighted by atomic mass is 10.2. The maximum atomic E-state index is 11.1. The second kappa shape index (κ2) is 5.01. The third-order valence-corrected chi connectivity index (χ3v) is 2.61. The van der Waals surface area contributed by atoms with Gasteiger partial charge in [-0.25, -0.2) is 4.79 Å². The summed E-state index contributed by atoms with van der Waals surface area (Å²) in [4.78, 5) is 21.2. The zero-order valence-electron chi connectivity index (χ0n) is 9.08. The molecule has 1 amide bonds. The molecule has 94 valence electrons. The highest BCUT2D eigenvalue weighted by molar-refractivity contribution is 6.33. The summed E-state index contributed by atoms with van der Waals surface area (Å²) in [5.74, 6) is 0. The first-order valence-electron chi connectivity index (χ1n) is 5.00. The Morgan fingerprint density at radius 2 is 2.33 bits per heavy atom. The number of hydrogen-bond donors (Lipinski definition) is 0. The number of amides is 1. The molecule has 18 heavy (non-hydrogen) atoms. The Bertz CT molecular complexity index is 532. The normalized spacial score (nSPS) is 15.2. The summed E-state index contributed by atoms with van der Waals surface area (Å²) < 4.78 is 4.68. The van der Waals surface area contributed by atoms with Crippen LogP contribution in [0.15, 0.2) is 23.3 Å². The van der Waals surface area contributed by atoms with Crippen molar-refractivity contribution in [2.45, 2.75) is 0 Å². The molecule has 0 unspecified atom stereocenters. The number of nitro benzene ring substituents is 1. The number of non-ortho nitro benzene ring substituents is 1. The molecular formula is C10H8ClN3O4. The number of cyclic esters (lactones) is 1. The van der Waals surface area contributed by atoms with E-state index in [1.165, 1.54) is 24.4 Å². The maximum absolute atomic E-state index is 11.1. The summed E-state index contributed by atoms with van der Waals surface area (Å²) >= 11 is 5.87. The van der Waals surface area contributed by atoms with Crippen LogP contribution in [-0.2, 0) is 4.74 Å². The van der Waals surface area contributed by atoms with Crippen molar-refractivity contribution < 1.29 is 14.5 Å². The number of nitro groups is 1. The van der Waals surface area contributed by atoms with Crippen LogP contribution in [0, 0.1) is 10.1 Å². The lowest BCUT2D eigenvalue weighted by molar-refractivity contribution is -0.384. The van der Waals surface area contributed by atoms with E-state index < -0.39 is 11.0 Å². The molecule has 1 saturated heterocycles. The molecular weight excluding hydrogens is 262 g/mol. The van der Waals surface area contributed by atoms with Crippen molar-refractivity contribution in [3.8, 4) is 0 Å². The summed E-state index contributed by atoms with van der Waals surface area (Å²) in [5.41, 5.74) is 0.274. The second-order valence-corrected chi connectivity index (χ2v) is 3.85. The first-order valence-corrected chi connectivity index (χ1v) is 5.38. The van der Waals surface area contributed by atoms with Gasteiger partial charge in [0.15, 0.2) is 0 Å². The van der Waals surface area contributed by atoms with Gasteiger partial charge in [0.1, 0.15) is 6.61 Å². The van der Waals surface area contributed by atoms with Crippen molar-refractivity contribution in [1.29, 1.82) is 0 Å². The Morgan fingerprint density at radius 1 is 1.56 bits per heavy atom. The first kappa shape index (κ1) is 12.3. The van der Waals surface area contributed by atoms with Crippen LogP contribution in [0.2, 0.25) is 5.02 Å². The standard InChI is InChI=1S/C10H8ClN3O4/c11-9-2-1-8(14(16)17)5-7(9)6-12-13-3-4-18-10(13)15/h1-2,5-6H,3-4H2/b12-6-. The SMILES string of the molecule is O=C1OCCN1/N=C\c1cc([N+](=O)[O-])ccc1Cl. The summed E-state index contributed by atoms with van der Waals surface area (Å²) in [6, 6.07) is 3.99. The summed E-state index contributed by atoms with van der Waals surface area (Å²) in [5, 5.41) is 15.9. The minimum atomic E-state index is -0.548. The van der Waals surface area contributed by atoms with Gasteiger partial charge in [0.05, 0.1) is 17.7 Å². The van der Waals surface area contributed by atoms with Crippen LogP contribution < -0.4 is 0 Å². The number of carbonyl (C=O) groups is 1. The van der Waals surface area contributed by atoms with E-state index in [0.717, 1.165) is 5.01 Å². The average molecular weight is 270 g/mol. The maximum Gasteiger partial charge on any atom is 0.430 e. The van der Waals surface area contributed by atoms with Crippen molar-refractivity contribution in [2.75, 3.05) is 13.2 Å². The summed E-state index contributed by atoms with van der Waals surface area (Å²) in [7, 11) is 0. The smallest absolute Gasteiger partial charge is 0.430 e. The van der Waals surface area contributed by atoms with Crippen LogP contribution in [-0.4, -0.2) is 35.4 Å². The van der Waals surface area contributed by atoms with Crippen molar-refractivity contribution in [2.24, 2.45) is 5.10 Å². The van der Waals surface area contributed by atoms with E-state index in [4.69, 9.17) is 11.6 Å². The van der Waals surface area contributed by atoms with E-state index in [-0.39, 0.29) is 12.3 Å². The highest BCUT2D eigenvalue weighted by Gasteiger charge is 2.20. The Kier molecular flexibility index (Phi) is 3.42. The molecule has 1 fully saturated rings. The van der Waals surface area contributed by atoms with Gasteiger partial charge in [-0.05, 0) is 6.07 Å². The van der Waals surface area contributed by atoms with Crippen LogP contribution in [0.3, 0.4) is 0 Å². The fraction of sp³-hybridized carbons (Fsp3) is 0.200. The van der Waals surface area contributed by atoms with Gasteiger partial charge in [0, 0.05) is 22.7 Å². The Balaban J connectivity index is 2.22. The molecule has 0 atom stereocenters. The molecule has 0 aromatic heterocycles. The van der Waals surface area contributed by atoms with Crippen LogP contribution in [0.1, 0.15) is 5.56 Å². The highest BCUT2D eigenvalue weighted by atomic mass is 35.5. The quantitative estimate of drug-likeness (QED) is 0.477. The van der Waals surface area contributed by atoms with E-state index in [9.17, 15) is 14.9 Å². The van der Waals surface area contributed by atoms with Crippen LogP contribution >= 0.6 is 11.6 Å². The van der Waals surface area contributed by atoms with Crippen molar-refractivity contribution in [3.63, 3.8) is 0 Å². The monoisotopic (exact) mass is 269 g/mol. The molecule has 8 heteroatoms. The minimum Gasteiger partial charge on any atom is -0.446 e. The molecule has 7 nitrogen and oxygen atoms in total. The van der Waals surface area contributed by atoms with Gasteiger partial charge in [0.2, 0.25) is 0 Å². The number of carbonyl (C=O) groups excluding carboxylic acids is 1. The number of nitrogens with zero attached hydrogens (tertiary/aromatic N) is 3. The van der Waals surface area contributed by atoms with Gasteiger partial charge < -0.3 is 4.74 Å². The Labute approximate surface area is 107 Å². The minimum absolute atomic E-state index is 0.0927. The fourth-order valence-corrected chi connectivity index (χ4v) is 1.53. The average Bonchev–Trinajstić information content (AvgIpc) is 2.73. The molecule has 2 rings (SSSR count). The topological polar surface area (TPSA) is 85.0 Å². The van der Waals surface area contributed by atoms with E-state index in [0.29, 0.717) is 17.1 Å². The predicted octanol–water partition coefficient (Wildman–Crippen LogP) is 2.03. The molecule has 0 N–H and O–H groups in total. The molecule has 0 bridgehead atoms. The van der Waals surface area contributed by atoms with E-state index in [1.54, 1.807) is 0 Å². The molecule has 0 spiro atoms. The largest absolute Gasteiger partial charge is 0.446 e. The van der Waals surface area contributed by atoms with Gasteiger partial charge >= 0.3 is 6.09 Å². The zero-order chi connectivity index (χ0) is 13.1. The van der Waals surface area contributed by atoms with E-state index >= 15 is 0 Å². The number of hydrazone groups is 1. The van der Waals surface area contributed by atoms with Crippen LogP contribution in [0.5, 0.6) is 0 Å². The molecule has 1 heterocycles. The van der Waals surface area contributed by atoms with Gasteiger partial charge in [-0.1, -0.05) is 11.6 Å². The number of halogens is 1. The number of ether oxygens (including phenoxy) is 1. The molecule has 0 saturated carbocycles. The lowest BCUT2D eigenvalue weighted by Crippen LogP contribution is -2.17. The molecule has 1 aliphatic rings. The van der Waals surface area contributed by atoms with E-state index in [2.05, 4.69) is 9.84 Å². The number of benzene rings is 1. The lowest BCUT2D eigenvalue weighted by Gasteiger charge is -2.04. The van der Waals surface area contributed by atoms with Crippen LogP contribution in [0.25, 0.3) is 0 Å². The van der Waals surface area contributed by atoms with Crippen LogP contribution in [0.4, 0.5) is 10.5 Å². The van der Waals surface area contributed by atoms with Crippen molar-refractivity contribution in [1.82, 2.24) is 5.01 Å². The van der Waals surface area contributed by atoms with Crippen molar-refractivity contribution in [3.05, 3.63) is 38.9 Å². The van der Waals surface area contributed by atoms with Crippen molar-refractivity contribution >= 4 is 29.6 Å². The van der Waals surface area contributed by atoms with E-state index in [1.807, 2.05) is 0 Å². The molecule has 1 aromatic rings. The van der Waals surface area contributed by atoms with Gasteiger partial charge in [0.25, 0.3) is 5.69 Å². The van der Waals surface area contributed by atoms with Gasteiger partial charge in [-0.2, -0.15) is 10.1 Å². The third kappa shape index (κ3) is 2.57. The fourth-order valence-electron chi connectivity index (χ4n) is 1.37. The highest BCUT2D eigenvalue weighted by Crippen LogP contribution is 2.20. The predicted molar refractivity (Wildman–Crippen MR) is 63.8 cm³/mol. The molecule has 1 aromatic carbocycles. The first-order chi connectivity index (χ1) is 8.58. The Morgan fingerprint density at radius 3 is 2.94 bits per heavy atom. The number of rotatable bonds is 3. The molecule has 1 aliphatic heterocycles. The summed E-state index contributed by atoms with van der Waals surface area (Å²) in [6.07, 6.45) is 0.745. The zero-order valence-corrected chi connectivity index (χ0v) is 9.83. The van der Waals surface area contributed by atoms with Gasteiger partial charge in [-0.3, -0.25) is 10.1 Å². The summed E-state index contributed by atoms with van der Waals surface area (Å²) in [6.45, 7) is 0.626. The Hall–Kier alpha value is -2.15. The molecule has 0 aliphatic carbocycles. The second-order valence-electron chi connectivity index (χ2n) is 3.45. The molecule has 0 radical (unpaired) electrons. The number of hydrogen-bond acceptors (Lipinski definition) is 5. The third-order valence-electron chi connectivity index (χ3n) is 2.27.